The van der Waals surface area contributed by atoms with Crippen LogP contribution in [0, 0.1) is 0 Å². The van der Waals surface area contributed by atoms with E-state index in [9.17, 15) is 4.79 Å². The van der Waals surface area contributed by atoms with Crippen molar-refractivity contribution in [2.45, 2.75) is 26.4 Å². The highest BCUT2D eigenvalue weighted by molar-refractivity contribution is 5.90. The molecule has 0 bridgehead atoms. The number of hydrogen-bond acceptors (Lipinski definition) is 7. The molecule has 128 valence electrons. The van der Waals surface area contributed by atoms with Crippen molar-refractivity contribution in [2.24, 2.45) is 0 Å². The summed E-state index contributed by atoms with van der Waals surface area (Å²) in [5.41, 5.74) is 6.82. The largest absolute Gasteiger partial charge is 0.444 e. The third-order valence-electron chi connectivity index (χ3n) is 2.86. The standard InChI is InChI=1S/C16H22N6O2/c1-16(2,3)24-15(23)21-12-8-6-5-7-11(12)20-14-19-9-10(17)13(18-4)22-14/h5-9H,17H2,1-4H3,(H,21,23)(H2,18,19,20,22). The minimum atomic E-state index is -0.575. The van der Waals surface area contributed by atoms with Crippen molar-refractivity contribution in [1.82, 2.24) is 9.97 Å². The number of nitrogens with two attached hydrogens (primary N) is 1. The monoisotopic (exact) mass is 330 g/mol. The summed E-state index contributed by atoms with van der Waals surface area (Å²) in [6.45, 7) is 5.41. The molecule has 1 aromatic heterocycles. The smallest absolute Gasteiger partial charge is 0.412 e. The lowest BCUT2D eigenvalue weighted by Crippen LogP contribution is -2.27. The summed E-state index contributed by atoms with van der Waals surface area (Å²) in [5.74, 6) is 0.872. The Bertz CT molecular complexity index is 727. The maximum atomic E-state index is 12.0. The van der Waals surface area contributed by atoms with Crippen molar-refractivity contribution in [1.29, 1.82) is 0 Å². The van der Waals surface area contributed by atoms with E-state index in [-0.39, 0.29) is 0 Å². The fourth-order valence-electron chi connectivity index (χ4n) is 1.89. The van der Waals surface area contributed by atoms with Crippen LogP contribution in [-0.4, -0.2) is 28.7 Å². The molecule has 0 atom stereocenters. The van der Waals surface area contributed by atoms with Crippen LogP contribution in [-0.2, 0) is 4.74 Å². The van der Waals surface area contributed by atoms with Crippen molar-refractivity contribution in [2.75, 3.05) is 28.7 Å². The first-order valence-corrected chi connectivity index (χ1v) is 7.45. The van der Waals surface area contributed by atoms with Gasteiger partial charge in [0, 0.05) is 7.05 Å². The molecule has 8 heteroatoms. The van der Waals surface area contributed by atoms with Gasteiger partial charge in [0.2, 0.25) is 5.95 Å². The van der Waals surface area contributed by atoms with Crippen LogP contribution in [0.3, 0.4) is 0 Å². The average molecular weight is 330 g/mol. The summed E-state index contributed by atoms with van der Waals surface area (Å²) in [6.07, 6.45) is 0.969. The van der Waals surface area contributed by atoms with E-state index in [0.717, 1.165) is 0 Å². The number of anilines is 5. The van der Waals surface area contributed by atoms with E-state index >= 15 is 0 Å². The van der Waals surface area contributed by atoms with Gasteiger partial charge in [0.15, 0.2) is 5.82 Å². The molecular weight excluding hydrogens is 308 g/mol. The van der Waals surface area contributed by atoms with Gasteiger partial charge < -0.3 is 21.1 Å². The van der Waals surface area contributed by atoms with Crippen LogP contribution in [0.25, 0.3) is 0 Å². The number of carbonyl (C=O) groups is 1. The molecule has 0 radical (unpaired) electrons. The number of para-hydroxylation sites is 2. The summed E-state index contributed by atoms with van der Waals surface area (Å²) in [6, 6.07) is 7.19. The lowest BCUT2D eigenvalue weighted by atomic mass is 10.2. The van der Waals surface area contributed by atoms with Crippen LogP contribution in [0.1, 0.15) is 20.8 Å². The molecule has 0 spiro atoms. The molecule has 0 saturated heterocycles. The third-order valence-corrected chi connectivity index (χ3v) is 2.86. The number of benzene rings is 1. The quantitative estimate of drug-likeness (QED) is 0.680. The van der Waals surface area contributed by atoms with E-state index in [4.69, 9.17) is 10.5 Å². The number of aromatic nitrogens is 2. The van der Waals surface area contributed by atoms with Crippen molar-refractivity contribution in [3.05, 3.63) is 30.5 Å². The molecule has 0 aliphatic carbocycles. The van der Waals surface area contributed by atoms with Gasteiger partial charge in [0.05, 0.1) is 23.3 Å². The normalized spacial score (nSPS) is 10.8. The molecule has 24 heavy (non-hydrogen) atoms. The van der Waals surface area contributed by atoms with Crippen LogP contribution >= 0.6 is 0 Å². The van der Waals surface area contributed by atoms with Gasteiger partial charge >= 0.3 is 6.09 Å². The summed E-state index contributed by atoms with van der Waals surface area (Å²) in [7, 11) is 1.72. The summed E-state index contributed by atoms with van der Waals surface area (Å²) in [5, 5.41) is 8.65. The number of nitrogens with zero attached hydrogens (tertiary/aromatic N) is 2. The molecule has 0 saturated carbocycles. The Morgan fingerprint density at radius 3 is 2.50 bits per heavy atom. The van der Waals surface area contributed by atoms with E-state index in [1.165, 1.54) is 6.20 Å². The van der Waals surface area contributed by atoms with Crippen LogP contribution in [0.15, 0.2) is 30.5 Å². The van der Waals surface area contributed by atoms with Crippen molar-refractivity contribution >= 4 is 34.9 Å². The molecule has 0 aliphatic rings. The van der Waals surface area contributed by atoms with Gasteiger partial charge in [-0.25, -0.2) is 9.78 Å². The van der Waals surface area contributed by atoms with E-state index < -0.39 is 11.7 Å². The van der Waals surface area contributed by atoms with Gasteiger partial charge in [0.25, 0.3) is 0 Å². The maximum Gasteiger partial charge on any atom is 0.412 e. The highest BCUT2D eigenvalue weighted by Crippen LogP contribution is 2.25. The molecule has 2 rings (SSSR count). The van der Waals surface area contributed by atoms with Crippen LogP contribution in [0.5, 0.6) is 0 Å². The lowest BCUT2D eigenvalue weighted by Gasteiger charge is -2.20. The SMILES string of the molecule is CNc1nc(Nc2ccccc2NC(=O)OC(C)(C)C)ncc1N. The van der Waals surface area contributed by atoms with Gasteiger partial charge in [-0.3, -0.25) is 5.32 Å². The Kier molecular flexibility index (Phi) is 5.08. The summed E-state index contributed by atoms with van der Waals surface area (Å²) >= 11 is 0. The van der Waals surface area contributed by atoms with Crippen molar-refractivity contribution < 1.29 is 9.53 Å². The molecule has 1 heterocycles. The Morgan fingerprint density at radius 1 is 1.21 bits per heavy atom. The first kappa shape index (κ1) is 17.3. The van der Waals surface area contributed by atoms with Crippen molar-refractivity contribution in [3.8, 4) is 0 Å². The highest BCUT2D eigenvalue weighted by atomic mass is 16.6. The number of nitrogens with one attached hydrogen (secondary N) is 3. The fourth-order valence-corrected chi connectivity index (χ4v) is 1.89. The maximum absolute atomic E-state index is 12.0. The predicted octanol–water partition coefficient (Wildman–Crippen LogP) is 3.19. The topological polar surface area (TPSA) is 114 Å². The second kappa shape index (κ2) is 7.03. The summed E-state index contributed by atoms with van der Waals surface area (Å²) < 4.78 is 5.26. The Hall–Kier alpha value is -3.03. The minimum absolute atomic E-state index is 0.354. The van der Waals surface area contributed by atoms with Gasteiger partial charge in [0.1, 0.15) is 5.60 Å². The third kappa shape index (κ3) is 4.73. The number of carbonyl (C=O) groups excluding carboxylic acids is 1. The molecule has 5 N–H and O–H groups in total. The molecule has 0 aliphatic heterocycles. The van der Waals surface area contributed by atoms with E-state index in [1.807, 2.05) is 6.07 Å². The average Bonchev–Trinajstić information content (AvgIpc) is 2.49. The van der Waals surface area contributed by atoms with Crippen LogP contribution in [0.4, 0.5) is 33.6 Å². The van der Waals surface area contributed by atoms with Crippen LogP contribution in [0.2, 0.25) is 0 Å². The highest BCUT2D eigenvalue weighted by Gasteiger charge is 2.17. The molecule has 1 amide bonds. The first-order valence-electron chi connectivity index (χ1n) is 7.45. The minimum Gasteiger partial charge on any atom is -0.444 e. The Morgan fingerprint density at radius 2 is 1.88 bits per heavy atom. The second-order valence-corrected chi connectivity index (χ2v) is 6.05. The fraction of sp³-hybridized carbons (Fsp3) is 0.312. The van der Waals surface area contributed by atoms with Gasteiger partial charge in [-0.15, -0.1) is 0 Å². The zero-order valence-electron chi connectivity index (χ0n) is 14.2. The van der Waals surface area contributed by atoms with Crippen molar-refractivity contribution in [3.63, 3.8) is 0 Å². The molecular formula is C16H22N6O2. The first-order chi connectivity index (χ1) is 11.3. The van der Waals surface area contributed by atoms with E-state index in [0.29, 0.717) is 28.8 Å². The number of hydrogen-bond donors (Lipinski definition) is 4. The van der Waals surface area contributed by atoms with E-state index in [2.05, 4.69) is 25.9 Å². The number of ether oxygens (including phenoxy) is 1. The molecule has 1 aromatic carbocycles. The van der Waals surface area contributed by atoms with E-state index in [1.54, 1.807) is 46.0 Å². The van der Waals surface area contributed by atoms with Crippen LogP contribution < -0.4 is 21.7 Å². The van der Waals surface area contributed by atoms with Gasteiger partial charge in [-0.2, -0.15) is 4.98 Å². The second-order valence-electron chi connectivity index (χ2n) is 6.05. The molecule has 0 unspecified atom stereocenters. The number of rotatable bonds is 4. The molecule has 2 aromatic rings. The lowest BCUT2D eigenvalue weighted by molar-refractivity contribution is 0.0636. The molecule has 0 fully saturated rings. The Balaban J connectivity index is 2.18. The summed E-state index contributed by atoms with van der Waals surface area (Å²) in [4.78, 5) is 20.4. The zero-order valence-corrected chi connectivity index (χ0v) is 14.2. The predicted molar refractivity (Wildman–Crippen MR) is 95.6 cm³/mol. The zero-order chi connectivity index (χ0) is 17.7. The van der Waals surface area contributed by atoms with Gasteiger partial charge in [-0.1, -0.05) is 12.1 Å². The van der Waals surface area contributed by atoms with Gasteiger partial charge in [-0.05, 0) is 32.9 Å². The molecule has 8 nitrogen and oxygen atoms in total. The Labute approximate surface area is 140 Å². The number of nitrogen functional groups attached to an aromatic ring is 1. The number of amides is 1.